The fraction of sp³-hybridized carbons (Fsp3) is 0. The first-order chi connectivity index (χ1) is 4.24. The normalized spacial score (nSPS) is 5.73. The molecule has 0 saturated carbocycles. The molecule has 0 saturated heterocycles. The monoisotopic (exact) mass is 349 g/mol. The Hall–Kier alpha value is 1.49. The summed E-state index contributed by atoms with van der Waals surface area (Å²) in [5, 5.41) is 0. The van der Waals surface area contributed by atoms with Crippen molar-refractivity contribution in [3.05, 3.63) is 0 Å². The van der Waals surface area contributed by atoms with Crippen LogP contribution in [0.1, 0.15) is 0 Å². The van der Waals surface area contributed by atoms with E-state index in [1.54, 1.807) is 0 Å². The molecule has 0 atom stereocenters. The van der Waals surface area contributed by atoms with Gasteiger partial charge in [-0.2, -0.15) is 0 Å². The van der Waals surface area contributed by atoms with Crippen molar-refractivity contribution in [1.29, 1.82) is 0 Å². The minimum absolute atomic E-state index is 0. The first kappa shape index (κ1) is 29.4. The molecular formula is H2NdO7P3. The molecule has 2 N–H and O–H groups in total. The Morgan fingerprint density at radius 1 is 0.727 bits per heavy atom. The van der Waals surface area contributed by atoms with Crippen molar-refractivity contribution in [2.24, 2.45) is 0 Å². The SMILES string of the molecule is O.O=P[O-].O=P[O-].O=P[O-].[Nd+3]. The van der Waals surface area contributed by atoms with Crippen LogP contribution >= 0.6 is 26.1 Å². The van der Waals surface area contributed by atoms with Gasteiger partial charge in [0.05, 0.1) is 26.1 Å². The third kappa shape index (κ3) is 466. The van der Waals surface area contributed by atoms with Gasteiger partial charge in [0.2, 0.25) is 0 Å². The fourth-order valence-electron chi connectivity index (χ4n) is 0. The van der Waals surface area contributed by atoms with Gasteiger partial charge >= 0.3 is 40.8 Å². The van der Waals surface area contributed by atoms with Gasteiger partial charge in [-0.15, -0.1) is 0 Å². The summed E-state index contributed by atoms with van der Waals surface area (Å²) >= 11 is 0. The van der Waals surface area contributed by atoms with Crippen molar-refractivity contribution in [2.75, 3.05) is 0 Å². The maximum absolute atomic E-state index is 8.35. The number of hydrogen-bond acceptors (Lipinski definition) is 6. The third-order valence-corrected chi connectivity index (χ3v) is 0. The van der Waals surface area contributed by atoms with Gasteiger partial charge in [-0.05, 0) is 0 Å². The summed E-state index contributed by atoms with van der Waals surface area (Å²) < 4.78 is 25.0. The van der Waals surface area contributed by atoms with Crippen LogP contribution in [0, 0.1) is 40.8 Å². The van der Waals surface area contributed by atoms with E-state index in [9.17, 15) is 0 Å². The van der Waals surface area contributed by atoms with Gasteiger partial charge < -0.3 is 20.2 Å². The van der Waals surface area contributed by atoms with Crippen molar-refractivity contribution >= 4 is 26.1 Å². The summed E-state index contributed by atoms with van der Waals surface area (Å²) in [5.74, 6) is 0. The minimum Gasteiger partial charge on any atom is -0.772 e. The molecular weight excluding hydrogens is 349 g/mol. The van der Waals surface area contributed by atoms with Crippen LogP contribution in [0.25, 0.3) is 0 Å². The Balaban J connectivity index is -0.0000000150. The Morgan fingerprint density at radius 2 is 0.727 bits per heavy atom. The summed E-state index contributed by atoms with van der Waals surface area (Å²) in [4.78, 5) is 25.0. The van der Waals surface area contributed by atoms with Crippen LogP contribution in [0.5, 0.6) is 0 Å². The second-order valence-corrected chi connectivity index (χ2v) is 0.671. The molecule has 63 valence electrons. The van der Waals surface area contributed by atoms with Gasteiger partial charge in [0, 0.05) is 0 Å². The standard InChI is InChI=1S/Nd.3HO2P.H2O/c;3*1-3-2;/h;3*(H,1,2);1H2/q+3;;;;/p-3. The predicted octanol–water partition coefficient (Wildman–Crippen LogP) is -2.16. The molecule has 1 radical (unpaired) electrons. The number of rotatable bonds is 0. The Morgan fingerprint density at radius 3 is 0.727 bits per heavy atom. The summed E-state index contributed by atoms with van der Waals surface area (Å²) in [6.07, 6.45) is 0. The molecule has 0 spiro atoms. The van der Waals surface area contributed by atoms with E-state index < -0.39 is 26.1 Å². The van der Waals surface area contributed by atoms with Crippen molar-refractivity contribution in [2.45, 2.75) is 0 Å². The van der Waals surface area contributed by atoms with E-state index in [-0.39, 0.29) is 46.3 Å². The molecule has 0 aliphatic carbocycles. The van der Waals surface area contributed by atoms with E-state index in [0.29, 0.717) is 0 Å². The van der Waals surface area contributed by atoms with Crippen LogP contribution in [0.2, 0.25) is 0 Å². The molecule has 0 unspecified atom stereocenters. The zero-order chi connectivity index (χ0) is 8.12. The van der Waals surface area contributed by atoms with E-state index >= 15 is 0 Å². The Labute approximate surface area is 99.9 Å². The smallest absolute Gasteiger partial charge is 0.772 e. The van der Waals surface area contributed by atoms with Crippen LogP contribution < -0.4 is 14.7 Å². The maximum atomic E-state index is 8.35. The molecule has 0 amide bonds. The molecule has 11 heavy (non-hydrogen) atoms. The average Bonchev–Trinajstić information content (AvgIpc) is 1.70. The third-order valence-electron chi connectivity index (χ3n) is 0. The molecule has 0 fully saturated rings. The molecule has 0 aromatic heterocycles. The van der Waals surface area contributed by atoms with Crippen LogP contribution in [0.4, 0.5) is 0 Å². The van der Waals surface area contributed by atoms with E-state index in [2.05, 4.69) is 0 Å². The number of hydrogen-bond donors (Lipinski definition) is 0. The fourth-order valence-corrected chi connectivity index (χ4v) is 0. The summed E-state index contributed by atoms with van der Waals surface area (Å²) in [5.41, 5.74) is 0. The van der Waals surface area contributed by atoms with E-state index in [4.69, 9.17) is 28.4 Å². The molecule has 0 aromatic rings. The molecule has 0 bridgehead atoms. The van der Waals surface area contributed by atoms with E-state index in [1.165, 1.54) is 0 Å². The van der Waals surface area contributed by atoms with E-state index in [1.807, 2.05) is 0 Å². The van der Waals surface area contributed by atoms with Crippen molar-refractivity contribution in [3.63, 3.8) is 0 Å². The maximum Gasteiger partial charge on any atom is 3.00 e. The van der Waals surface area contributed by atoms with Crippen LogP contribution in [-0.2, 0) is 13.7 Å². The first-order valence-corrected chi connectivity index (χ1v) is 3.29. The quantitative estimate of drug-likeness (QED) is 0.453. The predicted molar refractivity (Wildman–Crippen MR) is 26.4 cm³/mol. The zero-order valence-corrected chi connectivity index (χ0v) is 10.7. The van der Waals surface area contributed by atoms with Crippen LogP contribution in [0.15, 0.2) is 0 Å². The van der Waals surface area contributed by atoms with Gasteiger partial charge in [0.1, 0.15) is 0 Å². The molecule has 0 aliphatic rings. The second kappa shape index (κ2) is 62.7. The second-order valence-electron chi connectivity index (χ2n) is 0.224. The molecule has 0 heterocycles. The first-order valence-electron chi connectivity index (χ1n) is 1.10. The minimum atomic E-state index is -1.08. The molecule has 11 heteroatoms. The summed E-state index contributed by atoms with van der Waals surface area (Å²) in [6.45, 7) is 0. The molecule has 0 rings (SSSR count). The largest absolute Gasteiger partial charge is 3.00 e. The van der Waals surface area contributed by atoms with Gasteiger partial charge in [-0.3, -0.25) is 13.7 Å². The molecule has 0 aromatic carbocycles. The van der Waals surface area contributed by atoms with Gasteiger partial charge in [-0.25, -0.2) is 0 Å². The van der Waals surface area contributed by atoms with Gasteiger partial charge in [0.15, 0.2) is 0 Å². The molecule has 0 aliphatic heterocycles. The summed E-state index contributed by atoms with van der Waals surface area (Å²) in [6, 6.07) is 0. The van der Waals surface area contributed by atoms with Crippen molar-refractivity contribution in [3.8, 4) is 0 Å². The Bertz CT molecular complexity index is 50.4. The van der Waals surface area contributed by atoms with Crippen LogP contribution in [-0.4, -0.2) is 5.48 Å². The van der Waals surface area contributed by atoms with Gasteiger partial charge in [0.25, 0.3) is 0 Å². The summed E-state index contributed by atoms with van der Waals surface area (Å²) in [7, 11) is -3.25. The van der Waals surface area contributed by atoms with Crippen molar-refractivity contribution in [1.82, 2.24) is 0 Å². The van der Waals surface area contributed by atoms with Crippen LogP contribution in [0.3, 0.4) is 0 Å². The van der Waals surface area contributed by atoms with Crippen molar-refractivity contribution < 1.29 is 74.7 Å². The molecule has 7 nitrogen and oxygen atoms in total. The average molecular weight is 351 g/mol. The zero-order valence-electron chi connectivity index (χ0n) is 4.79. The topological polar surface area (TPSA) is 152 Å². The van der Waals surface area contributed by atoms with E-state index in [0.717, 1.165) is 0 Å². The van der Waals surface area contributed by atoms with Gasteiger partial charge in [-0.1, -0.05) is 0 Å². The Kier molecular flexibility index (Phi) is 168.